The van der Waals surface area contributed by atoms with Crippen LogP contribution in [0.2, 0.25) is 15.1 Å². The molecule has 3 aliphatic heterocycles. The van der Waals surface area contributed by atoms with Crippen molar-refractivity contribution in [2.24, 2.45) is 0 Å². The highest BCUT2D eigenvalue weighted by Crippen LogP contribution is 2.44. The Labute approximate surface area is 330 Å². The van der Waals surface area contributed by atoms with E-state index in [1.54, 1.807) is 50.1 Å². The van der Waals surface area contributed by atoms with Crippen LogP contribution in [0.3, 0.4) is 0 Å². The SMILES string of the molecule is CC(C)(C)OC(=O)N1CC2CC(c3cnc(N4CC[C@@H](Oc5c(F)ccc(F)c5Cl)C4)s3)=C(C(=O)N(Cc3cccc(Cl)c3Cl)C3CC3)C(C1)N2C(=O)O. The van der Waals surface area contributed by atoms with E-state index in [0.29, 0.717) is 50.7 Å². The minimum absolute atomic E-state index is 0.0726. The fourth-order valence-corrected chi connectivity index (χ4v) is 8.87. The first-order valence-electron chi connectivity index (χ1n) is 17.6. The maximum atomic E-state index is 15.0. The molecule has 1 saturated carbocycles. The third kappa shape index (κ3) is 7.80. The van der Waals surface area contributed by atoms with Crippen LogP contribution in [-0.2, 0) is 16.1 Å². The largest absolute Gasteiger partial charge is 0.484 e. The number of ether oxygens (including phenoxy) is 2. The summed E-state index contributed by atoms with van der Waals surface area (Å²) in [7, 11) is 0. The van der Waals surface area contributed by atoms with Crippen molar-refractivity contribution < 1.29 is 37.7 Å². The topological polar surface area (TPSA) is 116 Å². The quantitative estimate of drug-likeness (QED) is 0.226. The highest BCUT2D eigenvalue weighted by Gasteiger charge is 2.50. The van der Waals surface area contributed by atoms with Gasteiger partial charge in [-0.1, -0.05) is 58.3 Å². The zero-order valence-corrected chi connectivity index (χ0v) is 32.7. The summed E-state index contributed by atoms with van der Waals surface area (Å²) < 4.78 is 40.0. The van der Waals surface area contributed by atoms with Gasteiger partial charge in [-0.3, -0.25) is 9.69 Å². The first kappa shape index (κ1) is 38.4. The first-order valence-corrected chi connectivity index (χ1v) is 19.5. The van der Waals surface area contributed by atoms with Crippen LogP contribution in [0.1, 0.15) is 56.9 Å². The summed E-state index contributed by atoms with van der Waals surface area (Å²) in [5.74, 6) is -2.24. The number of aromatic nitrogens is 1. The predicted octanol–water partition coefficient (Wildman–Crippen LogP) is 8.36. The second kappa shape index (κ2) is 15.0. The van der Waals surface area contributed by atoms with E-state index in [2.05, 4.69) is 0 Å². The van der Waals surface area contributed by atoms with E-state index < -0.39 is 52.6 Å². The molecule has 17 heteroatoms. The number of fused-ring (bicyclic) bond motifs is 2. The van der Waals surface area contributed by atoms with Gasteiger partial charge in [0.2, 0.25) is 0 Å². The molecule has 4 aliphatic rings. The molecule has 3 fully saturated rings. The second-order valence-electron chi connectivity index (χ2n) is 14.9. The zero-order chi connectivity index (χ0) is 38.6. The summed E-state index contributed by atoms with van der Waals surface area (Å²) in [6.07, 6.45) is 1.56. The van der Waals surface area contributed by atoms with Crippen molar-refractivity contribution in [1.29, 1.82) is 0 Å². The normalized spacial score (nSPS) is 21.4. The van der Waals surface area contributed by atoms with Gasteiger partial charge < -0.3 is 29.3 Å². The van der Waals surface area contributed by atoms with E-state index in [-0.39, 0.29) is 49.3 Å². The molecule has 11 nitrogen and oxygen atoms in total. The molecule has 1 aliphatic carbocycles. The number of carbonyl (C=O) groups excluding carboxylic acids is 2. The summed E-state index contributed by atoms with van der Waals surface area (Å²) in [5, 5.41) is 11.4. The van der Waals surface area contributed by atoms with E-state index in [4.69, 9.17) is 49.3 Å². The van der Waals surface area contributed by atoms with Crippen molar-refractivity contribution >= 4 is 74.9 Å². The first-order chi connectivity index (χ1) is 25.6. The highest BCUT2D eigenvalue weighted by molar-refractivity contribution is 7.16. The van der Waals surface area contributed by atoms with Crippen LogP contribution in [0.5, 0.6) is 5.75 Å². The predicted molar refractivity (Wildman–Crippen MR) is 202 cm³/mol. The average molecular weight is 825 g/mol. The number of halogens is 5. The molecule has 1 N–H and O–H groups in total. The lowest BCUT2D eigenvalue weighted by molar-refractivity contribution is -0.129. The number of amides is 3. The Kier molecular flexibility index (Phi) is 10.7. The lowest BCUT2D eigenvalue weighted by Crippen LogP contribution is -2.65. The lowest BCUT2D eigenvalue weighted by Gasteiger charge is -2.50. The van der Waals surface area contributed by atoms with Gasteiger partial charge in [0, 0.05) is 50.4 Å². The minimum Gasteiger partial charge on any atom is -0.484 e. The molecule has 3 amide bonds. The van der Waals surface area contributed by atoms with Crippen LogP contribution in [0.4, 0.5) is 23.5 Å². The van der Waals surface area contributed by atoms with Crippen molar-refractivity contribution in [3.63, 3.8) is 0 Å². The van der Waals surface area contributed by atoms with Gasteiger partial charge in [0.1, 0.15) is 22.5 Å². The Balaban J connectivity index is 1.24. The standard InChI is InChI=1S/C37H38Cl3F2N5O6S/c1-37(2,3)53-36(51)45-16-21-13-23(28-14-43-34(54-28)44-12-11-22(17-44)52-32-26(42)10-9-25(41)31(32)40)29(27(18-45)47(21)35(49)50)33(48)46(20-7-8-20)15-19-5-4-6-24(38)30(19)39/h4-6,9-10,14,20-22,27H,7-8,11-13,15-18H2,1-3H3,(H,49,50)/t21?,22-,27?/m1/s1. The van der Waals surface area contributed by atoms with Crippen molar-refractivity contribution in [1.82, 2.24) is 19.7 Å². The van der Waals surface area contributed by atoms with Gasteiger partial charge in [-0.2, -0.15) is 0 Å². The summed E-state index contributed by atoms with van der Waals surface area (Å²) in [6.45, 7) is 6.23. The van der Waals surface area contributed by atoms with Gasteiger partial charge in [-0.05, 0) is 69.4 Å². The number of hydrogen-bond acceptors (Lipinski definition) is 8. The smallest absolute Gasteiger partial charge is 0.410 e. The van der Waals surface area contributed by atoms with Crippen LogP contribution in [0.15, 0.2) is 42.1 Å². The van der Waals surface area contributed by atoms with Crippen molar-refractivity contribution in [2.75, 3.05) is 31.1 Å². The third-order valence-electron chi connectivity index (χ3n) is 9.87. The Morgan fingerprint density at radius 2 is 1.76 bits per heavy atom. The summed E-state index contributed by atoms with van der Waals surface area (Å²) in [6, 6.07) is 5.37. The molecule has 0 spiro atoms. The molecule has 288 valence electrons. The fraction of sp³-hybridized carbons (Fsp3) is 0.459. The summed E-state index contributed by atoms with van der Waals surface area (Å²) >= 11 is 20.3. The number of thiazole rings is 1. The molecular formula is C37H38Cl3F2N5O6S. The lowest BCUT2D eigenvalue weighted by atomic mass is 9.83. The number of carboxylic acid groups (broad SMARTS) is 1. The molecule has 0 radical (unpaired) electrons. The number of anilines is 1. The summed E-state index contributed by atoms with van der Waals surface area (Å²) in [4.78, 5) is 53.1. The Morgan fingerprint density at radius 1 is 1.02 bits per heavy atom. The van der Waals surface area contributed by atoms with Crippen LogP contribution in [-0.4, -0.2) is 98.9 Å². The molecule has 2 saturated heterocycles. The Hall–Kier alpha value is -3.85. The highest BCUT2D eigenvalue weighted by atomic mass is 35.5. The maximum absolute atomic E-state index is 15.0. The van der Waals surface area contributed by atoms with Crippen LogP contribution >= 0.6 is 46.1 Å². The van der Waals surface area contributed by atoms with E-state index in [1.165, 1.54) is 21.1 Å². The van der Waals surface area contributed by atoms with Gasteiger partial charge in [0.25, 0.3) is 5.91 Å². The number of benzene rings is 2. The molecular weight excluding hydrogens is 787 g/mol. The molecule has 4 heterocycles. The number of hydrogen-bond donors (Lipinski definition) is 1. The molecule has 3 aromatic rings. The molecule has 2 bridgehead atoms. The Bertz CT molecular complexity index is 2020. The maximum Gasteiger partial charge on any atom is 0.410 e. The van der Waals surface area contributed by atoms with E-state index >= 15 is 4.79 Å². The van der Waals surface area contributed by atoms with Crippen molar-refractivity contribution in [3.05, 3.63) is 79.2 Å². The molecule has 54 heavy (non-hydrogen) atoms. The molecule has 2 unspecified atom stereocenters. The number of rotatable bonds is 8. The molecule has 1 aromatic heterocycles. The van der Waals surface area contributed by atoms with E-state index in [9.17, 15) is 23.5 Å². The third-order valence-corrected chi connectivity index (χ3v) is 12.2. The number of carbonyl (C=O) groups is 3. The molecule has 2 aromatic carbocycles. The second-order valence-corrected chi connectivity index (χ2v) is 17.0. The number of nitrogens with zero attached hydrogens (tertiary/aromatic N) is 5. The monoisotopic (exact) mass is 823 g/mol. The van der Waals surface area contributed by atoms with Gasteiger partial charge in [0.15, 0.2) is 16.7 Å². The van der Waals surface area contributed by atoms with Gasteiger partial charge in [-0.15, -0.1) is 0 Å². The average Bonchev–Trinajstić information content (AvgIpc) is 3.63. The molecule has 7 rings (SSSR count). The summed E-state index contributed by atoms with van der Waals surface area (Å²) in [5.41, 5.74) is 0.787. The fourth-order valence-electron chi connectivity index (χ4n) is 7.27. The van der Waals surface area contributed by atoms with Crippen molar-refractivity contribution in [2.45, 2.75) is 82.8 Å². The van der Waals surface area contributed by atoms with Crippen LogP contribution in [0, 0.1) is 11.6 Å². The van der Waals surface area contributed by atoms with Crippen molar-refractivity contribution in [3.8, 4) is 5.75 Å². The van der Waals surface area contributed by atoms with E-state index in [1.807, 2.05) is 4.90 Å². The van der Waals surface area contributed by atoms with Gasteiger partial charge in [-0.25, -0.2) is 23.4 Å². The van der Waals surface area contributed by atoms with Crippen LogP contribution in [0.25, 0.3) is 5.57 Å². The van der Waals surface area contributed by atoms with E-state index in [0.717, 1.165) is 25.0 Å². The van der Waals surface area contributed by atoms with Gasteiger partial charge in [0.05, 0.1) is 33.6 Å². The minimum atomic E-state index is -1.20. The zero-order valence-electron chi connectivity index (χ0n) is 29.7. The van der Waals surface area contributed by atoms with Gasteiger partial charge >= 0.3 is 12.2 Å². The van der Waals surface area contributed by atoms with Crippen LogP contribution < -0.4 is 9.64 Å². The number of piperazine rings is 1. The molecule has 3 atom stereocenters. The Morgan fingerprint density at radius 3 is 2.46 bits per heavy atom.